The van der Waals surface area contributed by atoms with Gasteiger partial charge in [-0.1, -0.05) is 43.3 Å². The number of aromatic nitrogens is 2. The normalized spacial score (nSPS) is 16.2. The van der Waals surface area contributed by atoms with Gasteiger partial charge in [0.05, 0.1) is 42.2 Å². The van der Waals surface area contributed by atoms with Crippen LogP contribution in [0.2, 0.25) is 0 Å². The van der Waals surface area contributed by atoms with Gasteiger partial charge in [-0.2, -0.15) is 18.2 Å². The van der Waals surface area contributed by atoms with Crippen molar-refractivity contribution in [2.45, 2.75) is 24.4 Å². The minimum absolute atomic E-state index is 0.0427. The summed E-state index contributed by atoms with van der Waals surface area (Å²) in [5, 5.41) is 2.12. The molecule has 0 saturated carbocycles. The molecule has 48 heavy (non-hydrogen) atoms. The number of carbonyl (C=O) groups excluding carboxylic acids is 2. The summed E-state index contributed by atoms with van der Waals surface area (Å²) in [5.41, 5.74) is 0.826. The van der Waals surface area contributed by atoms with Crippen molar-refractivity contribution in [1.82, 2.24) is 9.55 Å². The smallest absolute Gasteiger partial charge is 0.392 e. The highest BCUT2D eigenvalue weighted by Crippen LogP contribution is 3.02. The van der Waals surface area contributed by atoms with Crippen LogP contribution >= 0.6 is 22.0 Å². The van der Waals surface area contributed by atoms with Crippen LogP contribution < -0.4 is 15.0 Å². The Balaban J connectivity index is 1.31. The number of anilines is 2. The highest BCUT2D eigenvalue weighted by Gasteiger charge is 2.65. The number of aliphatic imine (C=N–C) groups is 1. The molecular formula is C29H22F9N5O3S2. The van der Waals surface area contributed by atoms with Gasteiger partial charge in [-0.15, -0.1) is 0 Å². The van der Waals surface area contributed by atoms with Crippen LogP contribution in [0.1, 0.15) is 12.0 Å². The Morgan fingerprint density at radius 3 is 2.40 bits per heavy atom. The fourth-order valence-corrected chi connectivity index (χ4v) is 5.89. The zero-order valence-electron chi connectivity index (χ0n) is 24.3. The summed E-state index contributed by atoms with van der Waals surface area (Å²) in [6.45, 7) is 0.963. The van der Waals surface area contributed by atoms with Crippen LogP contribution in [0.5, 0.6) is 5.75 Å². The standard InChI is InChI=1S/C29H22F9N5O3S2/c1-17-2-9-25(46-11-10-29(31,32)33)24(12-17)43-26(44)15-47-28(43)41-27(45)40-22-8-3-18(13-21(22)30)23-14-42(16-39-23)19-4-6-20(7-5-19)48(34,35,36,37)38/h2-9,12-14,16H,10-11,15H2,1H3,(H,40,45). The Bertz CT molecular complexity index is 1930. The molecule has 0 aliphatic carbocycles. The second-order valence-corrected chi connectivity index (χ2v) is 13.7. The molecule has 5 rings (SSSR count). The summed E-state index contributed by atoms with van der Waals surface area (Å²) in [6, 6.07) is 9.09. The first-order chi connectivity index (χ1) is 22.2. The third kappa shape index (κ3) is 8.25. The molecule has 1 saturated heterocycles. The van der Waals surface area contributed by atoms with Crippen LogP contribution in [0, 0.1) is 12.7 Å². The lowest BCUT2D eigenvalue weighted by molar-refractivity contribution is -0.139. The zero-order chi connectivity index (χ0) is 35.1. The number of rotatable bonds is 8. The quantitative estimate of drug-likeness (QED) is 0.183. The molecule has 0 bridgehead atoms. The topological polar surface area (TPSA) is 88.8 Å². The summed E-state index contributed by atoms with van der Waals surface area (Å²) in [4.78, 5) is 32.4. The fourth-order valence-electron chi connectivity index (χ4n) is 4.38. The van der Waals surface area contributed by atoms with Crippen LogP contribution in [0.15, 0.2) is 83.1 Å². The lowest BCUT2D eigenvalue weighted by Crippen LogP contribution is -2.31. The molecule has 1 aliphatic rings. The van der Waals surface area contributed by atoms with Gasteiger partial charge in [-0.25, -0.2) is 14.2 Å². The monoisotopic (exact) mass is 723 g/mol. The van der Waals surface area contributed by atoms with E-state index in [1.807, 2.05) is 0 Å². The largest absolute Gasteiger partial charge is 0.491 e. The number of hydrogen-bond donors (Lipinski definition) is 1. The number of amidine groups is 1. The minimum atomic E-state index is -9.85. The lowest BCUT2D eigenvalue weighted by atomic mass is 10.1. The van der Waals surface area contributed by atoms with E-state index >= 15 is 4.39 Å². The SMILES string of the molecule is Cc1ccc(OCCC(F)(F)F)c(N2C(=O)CSC2=NC(=O)Nc2ccc(-c3cn(-c4ccc(S(F)(F)(F)(F)F)cc4)cn3)cc2F)c1. The van der Waals surface area contributed by atoms with Crippen molar-refractivity contribution >= 4 is 50.5 Å². The van der Waals surface area contributed by atoms with Crippen molar-refractivity contribution in [3.63, 3.8) is 0 Å². The predicted octanol–water partition coefficient (Wildman–Crippen LogP) is 9.64. The summed E-state index contributed by atoms with van der Waals surface area (Å²) >= 11 is 0.875. The number of carbonyl (C=O) groups is 2. The second-order valence-electron chi connectivity index (χ2n) is 10.4. The molecule has 1 aromatic heterocycles. The van der Waals surface area contributed by atoms with Gasteiger partial charge >= 0.3 is 22.4 Å². The fraction of sp³-hybridized carbons (Fsp3) is 0.172. The third-order valence-electron chi connectivity index (χ3n) is 6.63. The highest BCUT2D eigenvalue weighted by molar-refractivity contribution is 8.45. The number of aryl methyl sites for hydroxylation is 1. The number of amides is 3. The molecule has 0 spiro atoms. The van der Waals surface area contributed by atoms with E-state index in [9.17, 15) is 42.2 Å². The number of thioether (sulfide) groups is 1. The number of imidazole rings is 1. The van der Waals surface area contributed by atoms with E-state index in [0.29, 0.717) is 5.56 Å². The van der Waals surface area contributed by atoms with Crippen LogP contribution in [0.25, 0.3) is 16.9 Å². The van der Waals surface area contributed by atoms with Crippen molar-refractivity contribution in [2.75, 3.05) is 22.6 Å². The molecule has 1 fully saturated rings. The molecule has 4 aromatic rings. The summed E-state index contributed by atoms with van der Waals surface area (Å²) in [7, 11) is -9.85. The molecule has 19 heteroatoms. The van der Waals surface area contributed by atoms with Crippen LogP contribution in [-0.4, -0.2) is 45.2 Å². The summed E-state index contributed by atoms with van der Waals surface area (Å²) < 4.78 is 125. The predicted molar refractivity (Wildman–Crippen MR) is 164 cm³/mol. The molecule has 8 nitrogen and oxygen atoms in total. The zero-order valence-corrected chi connectivity index (χ0v) is 25.9. The highest BCUT2D eigenvalue weighted by atomic mass is 32.5. The van der Waals surface area contributed by atoms with Crippen molar-refractivity contribution in [3.8, 4) is 22.7 Å². The third-order valence-corrected chi connectivity index (χ3v) is 8.72. The number of nitrogens with one attached hydrogen (secondary N) is 1. The number of hydrogen-bond acceptors (Lipinski definition) is 5. The van der Waals surface area contributed by atoms with Gasteiger partial charge in [-0.3, -0.25) is 9.69 Å². The van der Waals surface area contributed by atoms with E-state index in [2.05, 4.69) is 15.3 Å². The van der Waals surface area contributed by atoms with E-state index in [0.717, 1.165) is 34.9 Å². The molecule has 3 aromatic carbocycles. The molecule has 1 aliphatic heterocycles. The van der Waals surface area contributed by atoms with E-state index < -0.39 is 52.1 Å². The average Bonchev–Trinajstić information content (AvgIpc) is 3.60. The minimum Gasteiger partial charge on any atom is -0.491 e. The number of alkyl halides is 3. The molecule has 3 amide bonds. The van der Waals surface area contributed by atoms with Crippen LogP contribution in [-0.2, 0) is 4.79 Å². The molecule has 0 radical (unpaired) electrons. The first-order valence-electron chi connectivity index (χ1n) is 13.5. The maximum Gasteiger partial charge on any atom is 0.392 e. The van der Waals surface area contributed by atoms with Gasteiger partial charge < -0.3 is 14.6 Å². The van der Waals surface area contributed by atoms with E-state index in [1.54, 1.807) is 13.0 Å². The summed E-state index contributed by atoms with van der Waals surface area (Å²) in [5.74, 6) is -1.64. The molecule has 2 heterocycles. The van der Waals surface area contributed by atoms with Crippen molar-refractivity contribution in [1.29, 1.82) is 0 Å². The van der Waals surface area contributed by atoms with Crippen molar-refractivity contribution in [2.24, 2.45) is 4.99 Å². The molecule has 1 N–H and O–H groups in total. The molecule has 256 valence electrons. The Kier molecular flexibility index (Phi) is 8.52. The van der Waals surface area contributed by atoms with Crippen molar-refractivity contribution < 1.29 is 51.3 Å². The van der Waals surface area contributed by atoms with Crippen LogP contribution in [0.3, 0.4) is 0 Å². The van der Waals surface area contributed by atoms with E-state index in [-0.39, 0.29) is 57.1 Å². The Morgan fingerprint density at radius 2 is 1.75 bits per heavy atom. The van der Waals surface area contributed by atoms with Gasteiger partial charge in [0.1, 0.15) is 16.5 Å². The number of benzene rings is 3. The maximum absolute atomic E-state index is 15.0. The Morgan fingerprint density at radius 1 is 1.04 bits per heavy atom. The van der Waals surface area contributed by atoms with Crippen LogP contribution in [0.4, 0.5) is 53.2 Å². The number of halogens is 9. The van der Waals surface area contributed by atoms with Gasteiger partial charge in [0.25, 0.3) is 0 Å². The van der Waals surface area contributed by atoms with Gasteiger partial charge in [0.2, 0.25) is 5.91 Å². The van der Waals surface area contributed by atoms with Crippen molar-refractivity contribution in [3.05, 3.63) is 84.6 Å². The average molecular weight is 724 g/mol. The summed E-state index contributed by atoms with van der Waals surface area (Å²) in [6.07, 6.45) is -3.20. The van der Waals surface area contributed by atoms with Gasteiger partial charge in [-0.05, 0) is 61.0 Å². The van der Waals surface area contributed by atoms with Gasteiger partial charge in [0.15, 0.2) is 5.17 Å². The number of ether oxygens (including phenoxy) is 1. The molecule has 0 atom stereocenters. The molecule has 0 unspecified atom stereocenters. The second kappa shape index (κ2) is 11.8. The Hall–Kier alpha value is -4.65. The first-order valence-corrected chi connectivity index (χ1v) is 16.4. The number of nitrogens with zero attached hydrogens (tertiary/aromatic N) is 4. The van der Waals surface area contributed by atoms with E-state index in [4.69, 9.17) is 4.74 Å². The molecular weight excluding hydrogens is 701 g/mol. The lowest BCUT2D eigenvalue weighted by Gasteiger charge is -2.40. The Labute approximate surface area is 270 Å². The first kappa shape index (κ1) is 34.7. The maximum atomic E-state index is 15.0. The van der Waals surface area contributed by atoms with E-state index in [1.165, 1.54) is 41.4 Å². The number of urea groups is 1. The van der Waals surface area contributed by atoms with Gasteiger partial charge in [0, 0.05) is 17.4 Å².